The highest BCUT2D eigenvalue weighted by molar-refractivity contribution is 5.88. The van der Waals surface area contributed by atoms with E-state index >= 15 is 0 Å². The third-order valence-electron chi connectivity index (χ3n) is 16.1. The minimum atomic E-state index is -1.67. The molecule has 7 N–H and O–H groups in total. The van der Waals surface area contributed by atoms with E-state index < -0.39 is 90.6 Å². The number of allylic oxidation sites excluding steroid dienone is 1. The summed E-state index contributed by atoms with van der Waals surface area (Å²) in [6.45, 7) is 17.2. The zero-order valence-corrected chi connectivity index (χ0v) is 34.2. The van der Waals surface area contributed by atoms with Gasteiger partial charge in [0, 0.05) is 23.7 Å². The molecule has 6 aliphatic rings. The predicted molar refractivity (Wildman–Crippen MR) is 199 cm³/mol. The van der Waals surface area contributed by atoms with Gasteiger partial charge in [-0.3, -0.25) is 9.59 Å². The van der Waals surface area contributed by atoms with Gasteiger partial charge in [-0.05, 0) is 93.8 Å². The zero-order valence-electron chi connectivity index (χ0n) is 34.2. The van der Waals surface area contributed by atoms with E-state index in [0.717, 1.165) is 24.8 Å². The Kier molecular flexibility index (Phi) is 11.8. The average Bonchev–Trinajstić information content (AvgIpc) is 3.38. The topological polar surface area (TPSA) is 213 Å². The molecule has 6 rings (SSSR count). The molecule has 0 bridgehead atoms. The Hall–Kier alpha value is -1.36. The molecular weight excluding hydrogens is 712 g/mol. The summed E-state index contributed by atoms with van der Waals surface area (Å²) in [5.74, 6) is 0.748. The number of aliphatic hydroxyl groups is 7. The number of hydrogen-bond acceptors (Lipinski definition) is 13. The van der Waals surface area contributed by atoms with Crippen molar-refractivity contribution >= 4 is 11.6 Å². The smallest absolute Gasteiger partial charge is 0.187 e. The van der Waals surface area contributed by atoms with Crippen LogP contribution < -0.4 is 0 Å². The number of aliphatic hydroxyl groups excluding tert-OH is 6. The molecule has 4 aliphatic carbocycles. The lowest BCUT2D eigenvalue weighted by atomic mass is 9.38. The van der Waals surface area contributed by atoms with Crippen LogP contribution in [-0.4, -0.2) is 127 Å². The van der Waals surface area contributed by atoms with E-state index in [1.54, 1.807) is 0 Å². The van der Waals surface area contributed by atoms with Gasteiger partial charge in [-0.25, -0.2) is 0 Å². The van der Waals surface area contributed by atoms with E-state index in [1.807, 2.05) is 0 Å². The maximum Gasteiger partial charge on any atom is 0.187 e. The number of carbonyl (C=O) groups excluding carboxylic acids is 2. The van der Waals surface area contributed by atoms with Crippen LogP contribution >= 0.6 is 0 Å². The molecule has 0 spiro atoms. The molecule has 13 heteroatoms. The molecular formula is C42H68O13. The summed E-state index contributed by atoms with van der Waals surface area (Å²) in [5.41, 5.74) is -1.74. The van der Waals surface area contributed by atoms with Gasteiger partial charge in [-0.15, -0.1) is 0 Å². The lowest BCUT2D eigenvalue weighted by Crippen LogP contribution is -2.65. The molecule has 0 radical (unpaired) electrons. The number of ketones is 2. The Bertz CT molecular complexity index is 1470. The molecule has 3 saturated carbocycles. The van der Waals surface area contributed by atoms with Crippen molar-refractivity contribution in [3.8, 4) is 0 Å². The molecule has 0 aromatic heterocycles. The first kappa shape index (κ1) is 43.2. The van der Waals surface area contributed by atoms with E-state index in [4.69, 9.17) is 18.9 Å². The monoisotopic (exact) mass is 780 g/mol. The summed E-state index contributed by atoms with van der Waals surface area (Å²) in [5, 5.41) is 73.6. The fraction of sp³-hybridized carbons (Fsp3) is 0.905. The van der Waals surface area contributed by atoms with Gasteiger partial charge < -0.3 is 54.7 Å². The quantitative estimate of drug-likeness (QED) is 0.159. The summed E-state index contributed by atoms with van der Waals surface area (Å²) in [6, 6.07) is 0. The van der Waals surface area contributed by atoms with E-state index in [-0.39, 0.29) is 46.1 Å². The van der Waals surface area contributed by atoms with Crippen molar-refractivity contribution in [2.75, 3.05) is 6.61 Å². The maximum atomic E-state index is 14.8. The van der Waals surface area contributed by atoms with Crippen molar-refractivity contribution in [1.29, 1.82) is 0 Å². The van der Waals surface area contributed by atoms with E-state index in [1.165, 1.54) is 20.8 Å². The molecule has 314 valence electrons. The number of rotatable bonds is 10. The first-order valence-corrected chi connectivity index (χ1v) is 20.6. The number of fused-ring (bicyclic) bond motifs is 5. The second kappa shape index (κ2) is 15.0. The normalized spacial score (nSPS) is 49.0. The van der Waals surface area contributed by atoms with Gasteiger partial charge in [0.2, 0.25) is 0 Å². The first-order valence-electron chi connectivity index (χ1n) is 20.6. The molecule has 0 aromatic rings. The summed E-state index contributed by atoms with van der Waals surface area (Å²) >= 11 is 0. The molecule has 5 fully saturated rings. The number of ether oxygens (including phenoxy) is 4. The van der Waals surface area contributed by atoms with Crippen molar-refractivity contribution < 1.29 is 64.3 Å². The van der Waals surface area contributed by atoms with Crippen LogP contribution in [0.5, 0.6) is 0 Å². The fourth-order valence-electron chi connectivity index (χ4n) is 12.2. The van der Waals surface area contributed by atoms with Crippen LogP contribution in [0.2, 0.25) is 0 Å². The molecule has 18 atom stereocenters. The highest BCUT2D eigenvalue weighted by atomic mass is 16.8. The lowest BCUT2D eigenvalue weighted by Gasteiger charge is -2.65. The van der Waals surface area contributed by atoms with Gasteiger partial charge in [-0.2, -0.15) is 0 Å². The van der Waals surface area contributed by atoms with Crippen LogP contribution in [0.3, 0.4) is 0 Å². The van der Waals surface area contributed by atoms with Crippen LogP contribution in [0.1, 0.15) is 114 Å². The van der Waals surface area contributed by atoms with Gasteiger partial charge in [0.1, 0.15) is 54.1 Å². The molecule has 2 heterocycles. The second-order valence-electron chi connectivity index (χ2n) is 19.8. The number of hydrogen-bond donors (Lipinski definition) is 7. The highest BCUT2D eigenvalue weighted by Crippen LogP contribution is 2.74. The summed E-state index contributed by atoms with van der Waals surface area (Å²) in [6.07, 6.45) is -6.82. The van der Waals surface area contributed by atoms with Gasteiger partial charge in [0.25, 0.3) is 0 Å². The largest absolute Gasteiger partial charge is 0.394 e. The SMILES string of the molecule is C[C@H](CCC(=O)C(C)(C)O)[C@H]1CC[C@@]2(C)[C@@H]3CC=C4[C@@H](CC[C@H](O[C@@H]5O[C@H](CO)[C@@H](O)[C@H](O)[C@H]5O[C@@H]5O[C@@H](C)[C@H](O)[C@@H](O)[C@H]5O)C4(C)C)[C@]3(C)C(=O)C[C@]12C. The van der Waals surface area contributed by atoms with Crippen LogP contribution in [0.15, 0.2) is 11.6 Å². The molecule has 2 saturated heterocycles. The Morgan fingerprint density at radius 1 is 0.909 bits per heavy atom. The lowest BCUT2D eigenvalue weighted by molar-refractivity contribution is -0.372. The number of carbonyl (C=O) groups is 2. The third-order valence-corrected chi connectivity index (χ3v) is 16.1. The minimum absolute atomic E-state index is 0.0204. The molecule has 0 unspecified atom stereocenters. The Balaban J connectivity index is 1.23. The van der Waals surface area contributed by atoms with Crippen molar-refractivity contribution in [2.24, 2.45) is 45.3 Å². The standard InChI is InChI=1S/C42H68O13/c1-20(10-14-27(44)39(5,6)51)22-16-17-40(7)26-13-11-23-24(42(26,9)28(45)18-41(22,40)8)12-15-29(38(23,3)4)54-37-35(33(49)31(47)25(19-43)53-37)55-36-34(50)32(48)30(46)21(2)52-36/h11,20-22,24-26,29-37,43,46-51H,10,12-19H2,1-9H3/t20-,21+,22-,24-,25-,26+,29+,30+,31-,32-,33+,34-,35-,36+,37+,40+,41-,42+/m1/s1. The van der Waals surface area contributed by atoms with E-state index in [2.05, 4.69) is 47.6 Å². The van der Waals surface area contributed by atoms with Crippen molar-refractivity contribution in [3.05, 3.63) is 11.6 Å². The molecule has 2 aliphatic heterocycles. The molecule has 13 nitrogen and oxygen atoms in total. The Morgan fingerprint density at radius 3 is 2.22 bits per heavy atom. The van der Waals surface area contributed by atoms with Crippen LogP contribution in [0.4, 0.5) is 0 Å². The van der Waals surface area contributed by atoms with Crippen molar-refractivity contribution in [3.63, 3.8) is 0 Å². The molecule has 0 amide bonds. The van der Waals surface area contributed by atoms with E-state index in [9.17, 15) is 45.3 Å². The number of Topliss-reactive ketones (excluding diaryl/α,β-unsaturated/α-hetero) is 2. The van der Waals surface area contributed by atoms with Crippen LogP contribution in [0, 0.1) is 45.3 Å². The molecule has 55 heavy (non-hydrogen) atoms. The van der Waals surface area contributed by atoms with Gasteiger partial charge in [0.05, 0.1) is 18.8 Å². The Morgan fingerprint density at radius 2 is 1.58 bits per heavy atom. The minimum Gasteiger partial charge on any atom is -0.394 e. The predicted octanol–water partition coefficient (Wildman–Crippen LogP) is 2.56. The zero-order chi connectivity index (χ0) is 40.8. The van der Waals surface area contributed by atoms with Crippen molar-refractivity contribution in [2.45, 2.75) is 187 Å². The van der Waals surface area contributed by atoms with Crippen LogP contribution in [0.25, 0.3) is 0 Å². The highest BCUT2D eigenvalue weighted by Gasteiger charge is 2.70. The third kappa shape index (κ3) is 6.92. The summed E-state index contributed by atoms with van der Waals surface area (Å²) < 4.78 is 24.3. The van der Waals surface area contributed by atoms with Crippen LogP contribution in [-0.2, 0) is 28.5 Å². The van der Waals surface area contributed by atoms with Crippen molar-refractivity contribution in [1.82, 2.24) is 0 Å². The average molecular weight is 781 g/mol. The van der Waals surface area contributed by atoms with Gasteiger partial charge in [-0.1, -0.05) is 53.2 Å². The molecule has 0 aromatic carbocycles. The maximum absolute atomic E-state index is 14.8. The van der Waals surface area contributed by atoms with E-state index in [0.29, 0.717) is 32.1 Å². The summed E-state index contributed by atoms with van der Waals surface area (Å²) in [4.78, 5) is 27.4. The van der Waals surface area contributed by atoms with Gasteiger partial charge >= 0.3 is 0 Å². The second-order valence-corrected chi connectivity index (χ2v) is 19.8. The van der Waals surface area contributed by atoms with Gasteiger partial charge in [0.15, 0.2) is 18.4 Å². The Labute approximate surface area is 325 Å². The fourth-order valence-corrected chi connectivity index (χ4v) is 12.2. The summed E-state index contributed by atoms with van der Waals surface area (Å²) in [7, 11) is 0. The first-order chi connectivity index (χ1) is 25.4.